The fraction of sp³-hybridized carbons (Fsp3) is 0.481. The number of aliphatic hydroxyl groups is 1. The fourth-order valence-corrected chi connectivity index (χ4v) is 8.17. The predicted molar refractivity (Wildman–Crippen MR) is 137 cm³/mol. The van der Waals surface area contributed by atoms with E-state index in [0.717, 1.165) is 29.8 Å². The maximum atomic E-state index is 12.6. The largest absolute Gasteiger partial charge is 0.432 e. The Bertz CT molecular complexity index is 1000. The van der Waals surface area contributed by atoms with Crippen molar-refractivity contribution in [3.63, 3.8) is 0 Å². The number of aliphatic hydroxyl groups excluding tert-OH is 1. The number of rotatable bonds is 8. The van der Waals surface area contributed by atoms with E-state index in [1.807, 2.05) is 55.6 Å². The van der Waals surface area contributed by atoms with Gasteiger partial charge in [-0.15, -0.1) is 0 Å². The molecule has 2 heterocycles. The van der Waals surface area contributed by atoms with E-state index in [9.17, 15) is 14.7 Å². The molecule has 34 heavy (non-hydrogen) atoms. The van der Waals surface area contributed by atoms with E-state index in [-0.39, 0.29) is 36.2 Å². The minimum Gasteiger partial charge on any atom is -0.432 e. The zero-order valence-electron chi connectivity index (χ0n) is 20.4. The number of benzene rings is 2. The summed E-state index contributed by atoms with van der Waals surface area (Å²) in [6, 6.07) is 18.0. The average Bonchev–Trinajstić information content (AvgIpc) is 3.14. The Kier molecular flexibility index (Phi) is 7.67. The van der Waals surface area contributed by atoms with Crippen molar-refractivity contribution in [3.05, 3.63) is 65.7 Å². The fourth-order valence-electron chi connectivity index (χ4n) is 5.51. The Morgan fingerprint density at radius 1 is 1.03 bits per heavy atom. The first-order valence-electron chi connectivity index (χ1n) is 12.3. The van der Waals surface area contributed by atoms with E-state index in [1.165, 1.54) is 10.6 Å². The van der Waals surface area contributed by atoms with Crippen molar-refractivity contribution < 1.29 is 19.4 Å². The Morgan fingerprint density at radius 3 is 2.38 bits per heavy atom. The van der Waals surface area contributed by atoms with Gasteiger partial charge in [-0.25, -0.2) is 5.01 Å². The second kappa shape index (κ2) is 10.5. The maximum Gasteiger partial charge on any atom is 0.247 e. The molecule has 4 rings (SSSR count). The monoisotopic (exact) mass is 480 g/mol. The van der Waals surface area contributed by atoms with Gasteiger partial charge in [0, 0.05) is 25.0 Å². The van der Waals surface area contributed by atoms with Crippen molar-refractivity contribution in [1.82, 2.24) is 0 Å². The third kappa shape index (κ3) is 5.49. The number of carbonyl (C=O) groups excluding carboxylic acids is 1. The van der Waals surface area contributed by atoms with Crippen LogP contribution in [0.4, 0.5) is 5.69 Å². The van der Waals surface area contributed by atoms with Gasteiger partial charge in [0.25, 0.3) is 0 Å². The predicted octanol–water partition coefficient (Wildman–Crippen LogP) is 4.50. The third-order valence-electron chi connectivity index (χ3n) is 7.17. The number of nitrogens with zero attached hydrogens (tertiary/aromatic N) is 2. The van der Waals surface area contributed by atoms with Crippen molar-refractivity contribution in [2.45, 2.75) is 69.9 Å². The van der Waals surface area contributed by atoms with Crippen molar-refractivity contribution in [1.29, 1.82) is 0 Å². The Balaban J connectivity index is 1.42. The van der Waals surface area contributed by atoms with Crippen LogP contribution < -0.4 is 5.01 Å². The van der Waals surface area contributed by atoms with Crippen LogP contribution >= 0.6 is 0 Å². The molecule has 2 aliphatic heterocycles. The Morgan fingerprint density at radius 2 is 1.74 bits per heavy atom. The van der Waals surface area contributed by atoms with Gasteiger partial charge in [0.2, 0.25) is 5.91 Å². The van der Waals surface area contributed by atoms with Crippen molar-refractivity contribution in [3.8, 4) is 0 Å². The van der Waals surface area contributed by atoms with Crippen molar-refractivity contribution in [2.75, 3.05) is 11.6 Å². The van der Waals surface area contributed by atoms with Crippen LogP contribution in [0.25, 0.3) is 0 Å². The van der Waals surface area contributed by atoms with Crippen LogP contribution in [-0.4, -0.2) is 48.7 Å². The summed E-state index contributed by atoms with van der Waals surface area (Å²) in [4.78, 5) is 23.3. The van der Waals surface area contributed by atoms with E-state index in [0.29, 0.717) is 19.3 Å². The van der Waals surface area contributed by atoms with Crippen molar-refractivity contribution in [2.24, 2.45) is 11.0 Å². The molecule has 0 aliphatic carbocycles. The van der Waals surface area contributed by atoms with Crippen LogP contribution in [-0.2, 0) is 16.0 Å². The molecule has 2 N–H and O–H groups in total. The average molecular weight is 481 g/mol. The van der Waals surface area contributed by atoms with Crippen LogP contribution in [0.1, 0.15) is 43.7 Å². The lowest BCUT2D eigenvalue weighted by atomic mass is 9.95. The number of anilines is 1. The van der Waals surface area contributed by atoms with E-state index >= 15 is 0 Å². The van der Waals surface area contributed by atoms with Gasteiger partial charge in [0.15, 0.2) is 8.32 Å². The number of hydrazone groups is 1. The highest BCUT2D eigenvalue weighted by Crippen LogP contribution is 2.45. The highest BCUT2D eigenvalue weighted by atomic mass is 28.4. The highest BCUT2D eigenvalue weighted by Gasteiger charge is 2.49. The van der Waals surface area contributed by atoms with Crippen LogP contribution in [0.3, 0.4) is 0 Å². The topological polar surface area (TPSA) is 82.4 Å². The number of hydrogen-bond acceptors (Lipinski definition) is 5. The molecule has 7 heteroatoms. The molecular formula is C27H36N2O4Si. The lowest BCUT2D eigenvalue weighted by Crippen LogP contribution is -2.40. The molecule has 2 aromatic carbocycles. The van der Waals surface area contributed by atoms with Crippen LogP contribution in [0.5, 0.6) is 0 Å². The molecule has 2 aliphatic rings. The molecule has 6 nitrogen and oxygen atoms in total. The molecule has 0 bridgehead atoms. The van der Waals surface area contributed by atoms with Crippen molar-refractivity contribution >= 4 is 25.6 Å². The normalized spacial score (nSPS) is 25.5. The van der Waals surface area contributed by atoms with Crippen LogP contribution in [0.15, 0.2) is 59.7 Å². The van der Waals surface area contributed by atoms with Gasteiger partial charge < -0.3 is 14.6 Å². The molecule has 182 valence electrons. The first kappa shape index (κ1) is 24.8. The standard InChI is InChI=1S/C27H36N2O4Si/c1-19-24(33-25(17-18-30)27(19)34(2,3)32)15-11-20-9-12-22(13-10-20)29-26(31)16-14-23(28-29)21-7-5-4-6-8-21/h4-10,12-13,19,24-25,27,30,32H,11,14-18H2,1-3H3/t19-,24+,25-,27+/m0/s1. The first-order chi connectivity index (χ1) is 16.3. The molecule has 2 aromatic rings. The highest BCUT2D eigenvalue weighted by molar-refractivity contribution is 6.71. The Hall–Kier alpha value is -2.32. The molecular weight excluding hydrogens is 444 g/mol. The van der Waals surface area contributed by atoms with Gasteiger partial charge in [0.1, 0.15) is 0 Å². The maximum absolute atomic E-state index is 12.6. The minimum atomic E-state index is -2.39. The molecule has 1 saturated heterocycles. The number of carbonyl (C=O) groups is 1. The number of amides is 1. The van der Waals surface area contributed by atoms with Gasteiger partial charge in [-0.05, 0) is 61.5 Å². The quantitative estimate of drug-likeness (QED) is 0.545. The van der Waals surface area contributed by atoms with Crippen LogP contribution in [0.2, 0.25) is 18.6 Å². The molecule has 1 fully saturated rings. The summed E-state index contributed by atoms with van der Waals surface area (Å²) in [5.74, 6) is 0.275. The lowest BCUT2D eigenvalue weighted by Gasteiger charge is -2.30. The van der Waals surface area contributed by atoms with Gasteiger partial charge in [0.05, 0.1) is 23.6 Å². The molecule has 0 radical (unpaired) electrons. The summed E-state index contributed by atoms with van der Waals surface area (Å²) in [6.45, 7) is 6.19. The molecule has 4 atom stereocenters. The zero-order chi connectivity index (χ0) is 24.3. The molecule has 1 amide bonds. The number of hydrogen-bond donors (Lipinski definition) is 2. The molecule has 0 aromatic heterocycles. The number of ether oxygens (including phenoxy) is 1. The molecule has 0 unspecified atom stereocenters. The first-order valence-corrected chi connectivity index (χ1v) is 15.3. The second-order valence-corrected chi connectivity index (χ2v) is 14.1. The summed E-state index contributed by atoms with van der Waals surface area (Å²) in [5, 5.41) is 15.6. The van der Waals surface area contributed by atoms with Gasteiger partial charge in [-0.1, -0.05) is 49.4 Å². The zero-order valence-corrected chi connectivity index (χ0v) is 21.4. The number of aryl methyl sites for hydroxylation is 1. The SMILES string of the molecule is C[C@@H]1[C@@H]([Si](C)(C)O)[C@H](CCO)O[C@@H]1CCc1ccc(N2N=C(c3ccccc3)CCC2=O)cc1. The summed E-state index contributed by atoms with van der Waals surface area (Å²) >= 11 is 0. The van der Waals surface area contributed by atoms with Crippen LogP contribution in [0, 0.1) is 5.92 Å². The lowest BCUT2D eigenvalue weighted by molar-refractivity contribution is -0.118. The van der Waals surface area contributed by atoms with Gasteiger partial charge in [-0.3, -0.25) is 4.79 Å². The molecule has 0 saturated carbocycles. The van der Waals surface area contributed by atoms with E-state index in [2.05, 4.69) is 24.2 Å². The van der Waals surface area contributed by atoms with Gasteiger partial charge in [-0.2, -0.15) is 5.10 Å². The summed E-state index contributed by atoms with van der Waals surface area (Å²) in [5.41, 5.74) is 4.07. The second-order valence-electron chi connectivity index (χ2n) is 10.1. The smallest absolute Gasteiger partial charge is 0.247 e. The third-order valence-corrected chi connectivity index (χ3v) is 9.70. The summed E-state index contributed by atoms with van der Waals surface area (Å²) < 4.78 is 6.31. The van der Waals surface area contributed by atoms with E-state index < -0.39 is 8.32 Å². The van der Waals surface area contributed by atoms with E-state index in [4.69, 9.17) is 4.74 Å². The van der Waals surface area contributed by atoms with Gasteiger partial charge >= 0.3 is 0 Å². The van der Waals surface area contributed by atoms with E-state index in [1.54, 1.807) is 0 Å². The minimum absolute atomic E-state index is 0.0114. The summed E-state index contributed by atoms with van der Waals surface area (Å²) in [7, 11) is -2.39. The summed E-state index contributed by atoms with van der Waals surface area (Å²) in [6.07, 6.45) is 3.40. The molecule has 0 spiro atoms. The Labute approximate surface area is 203 Å².